The van der Waals surface area contributed by atoms with Crippen LogP contribution < -0.4 is 10.0 Å². The average Bonchev–Trinajstić information content (AvgIpc) is 2.51. The molecule has 27 heavy (non-hydrogen) atoms. The van der Waals surface area contributed by atoms with Gasteiger partial charge in [0.25, 0.3) is 0 Å². The summed E-state index contributed by atoms with van der Waals surface area (Å²) in [5, 5.41) is 2.01. The molecule has 0 amide bonds. The summed E-state index contributed by atoms with van der Waals surface area (Å²) >= 11 is 0. The van der Waals surface area contributed by atoms with Crippen molar-refractivity contribution in [1.82, 2.24) is 0 Å². The fourth-order valence-corrected chi connectivity index (χ4v) is 2.82. The monoisotopic (exact) mass is 408 g/mol. The molecule has 0 aliphatic carbocycles. The Hall–Kier alpha value is -2.36. The van der Waals surface area contributed by atoms with Crippen LogP contribution in [0.3, 0.4) is 0 Å². The molecule has 0 fully saturated rings. The molecule has 0 aliphatic heterocycles. The van der Waals surface area contributed by atoms with E-state index in [0.717, 1.165) is 0 Å². The van der Waals surface area contributed by atoms with Crippen LogP contribution in [0.4, 0.5) is 33.3 Å². The largest absolute Gasteiger partial charge is 0.422 e. The van der Waals surface area contributed by atoms with Crippen molar-refractivity contribution in [2.45, 2.75) is 31.8 Å². The van der Waals surface area contributed by atoms with Crippen molar-refractivity contribution in [3.05, 3.63) is 59.2 Å². The third-order valence-electron chi connectivity index (χ3n) is 3.66. The number of alkyl halides is 3. The molecule has 0 heterocycles. The van der Waals surface area contributed by atoms with Gasteiger partial charge in [0.15, 0.2) is 0 Å². The Kier molecular flexibility index (Phi) is 5.98. The van der Waals surface area contributed by atoms with E-state index in [4.69, 9.17) is 0 Å². The molecule has 10 heteroatoms. The Morgan fingerprint density at radius 3 is 1.93 bits per heavy atom. The van der Waals surface area contributed by atoms with Gasteiger partial charge in [0.05, 0.1) is 5.25 Å². The summed E-state index contributed by atoms with van der Waals surface area (Å²) in [7, 11) is -3.49. The fourth-order valence-electron chi connectivity index (χ4n) is 2.12. The van der Waals surface area contributed by atoms with Crippen LogP contribution in [-0.4, -0.2) is 13.7 Å². The maximum atomic E-state index is 13.5. The maximum absolute atomic E-state index is 13.5. The molecule has 0 saturated heterocycles. The topological polar surface area (TPSA) is 58.2 Å². The molecule has 0 spiro atoms. The smallest absolute Gasteiger partial charge is 0.381 e. The minimum Gasteiger partial charge on any atom is -0.381 e. The number of hydrogen-bond donors (Lipinski definition) is 2. The molecule has 0 radical (unpaired) electrons. The fraction of sp³-hybridized carbons (Fsp3) is 0.294. The van der Waals surface area contributed by atoms with Crippen LogP contribution in [0.25, 0.3) is 0 Å². The first-order chi connectivity index (χ1) is 12.4. The molecular weight excluding hydrogens is 391 g/mol. The van der Waals surface area contributed by atoms with E-state index in [-0.39, 0.29) is 12.2 Å². The highest BCUT2D eigenvalue weighted by molar-refractivity contribution is 7.93. The third-order valence-corrected chi connectivity index (χ3v) is 5.42. The maximum Gasteiger partial charge on any atom is 0.422 e. The number of rotatable bonds is 6. The highest BCUT2D eigenvalue weighted by atomic mass is 32.2. The number of anilines is 2. The van der Waals surface area contributed by atoms with Gasteiger partial charge >= 0.3 is 6.18 Å². The number of halogens is 5. The van der Waals surface area contributed by atoms with E-state index in [9.17, 15) is 30.4 Å². The zero-order valence-corrected chi connectivity index (χ0v) is 15.2. The van der Waals surface area contributed by atoms with Gasteiger partial charge in [-0.3, -0.25) is 4.72 Å². The van der Waals surface area contributed by atoms with E-state index in [1.807, 2.05) is 0 Å². The molecular formula is C17H17F5N2O2S. The molecule has 0 bridgehead atoms. The first kappa shape index (κ1) is 20.9. The Balaban J connectivity index is 2.07. The minimum atomic E-state index is -5.12. The molecule has 2 aromatic rings. The van der Waals surface area contributed by atoms with Gasteiger partial charge in [0.2, 0.25) is 10.0 Å². The summed E-state index contributed by atoms with van der Waals surface area (Å²) in [5.41, 5.74) is -1.11. The predicted molar refractivity (Wildman–Crippen MR) is 92.8 cm³/mol. The van der Waals surface area contributed by atoms with Crippen LogP contribution in [0.5, 0.6) is 0 Å². The van der Waals surface area contributed by atoms with Crippen molar-refractivity contribution in [2.24, 2.45) is 0 Å². The van der Waals surface area contributed by atoms with Crippen LogP contribution in [0, 0.1) is 11.6 Å². The second kappa shape index (κ2) is 7.71. The lowest BCUT2D eigenvalue weighted by atomic mass is 10.1. The summed E-state index contributed by atoms with van der Waals surface area (Å²) in [5.74, 6) is -3.41. The van der Waals surface area contributed by atoms with Crippen LogP contribution in [0.2, 0.25) is 0 Å². The van der Waals surface area contributed by atoms with Crippen LogP contribution in [0.15, 0.2) is 36.4 Å². The van der Waals surface area contributed by atoms with E-state index in [1.54, 1.807) is 12.1 Å². The summed E-state index contributed by atoms with van der Waals surface area (Å²) in [6, 6.07) is 7.29. The van der Waals surface area contributed by atoms with Crippen molar-refractivity contribution in [1.29, 1.82) is 0 Å². The zero-order chi connectivity index (χ0) is 20.4. The second-order valence-corrected chi connectivity index (χ2v) is 8.30. The third kappa shape index (κ3) is 5.31. The highest BCUT2D eigenvalue weighted by Gasteiger charge is 2.37. The van der Waals surface area contributed by atoms with Crippen molar-refractivity contribution < 1.29 is 30.4 Å². The Bertz CT molecular complexity index is 887. The normalized spacial score (nSPS) is 12.3. The van der Waals surface area contributed by atoms with E-state index in [0.29, 0.717) is 23.4 Å². The first-order valence-electron chi connectivity index (χ1n) is 7.81. The predicted octanol–water partition coefficient (Wildman–Crippen LogP) is 4.75. The molecule has 0 saturated carbocycles. The SMILES string of the molecule is CC(C)S(=O)(=O)Nc1ccc(CNc2cc(F)c(C(F)(F)F)c(F)c2)cc1. The lowest BCUT2D eigenvalue weighted by Gasteiger charge is -2.13. The van der Waals surface area contributed by atoms with Gasteiger partial charge in [-0.15, -0.1) is 0 Å². The minimum absolute atomic E-state index is 0.0709. The average molecular weight is 408 g/mol. The number of benzene rings is 2. The lowest BCUT2D eigenvalue weighted by molar-refractivity contribution is -0.142. The van der Waals surface area contributed by atoms with Crippen molar-refractivity contribution in [3.8, 4) is 0 Å². The van der Waals surface area contributed by atoms with Crippen LogP contribution in [-0.2, 0) is 22.7 Å². The standard InChI is InChI=1S/C17H17F5N2O2S/c1-10(2)27(25,26)24-12-5-3-11(4-6-12)9-23-13-7-14(18)16(15(19)8-13)17(20,21)22/h3-8,10,23-24H,9H2,1-2H3. The first-order valence-corrected chi connectivity index (χ1v) is 9.35. The van der Waals surface area contributed by atoms with Crippen molar-refractivity contribution >= 4 is 21.4 Å². The number of sulfonamides is 1. The van der Waals surface area contributed by atoms with Gasteiger partial charge in [-0.2, -0.15) is 13.2 Å². The summed E-state index contributed by atoms with van der Waals surface area (Å²) in [6.07, 6.45) is -5.12. The Morgan fingerprint density at radius 2 is 1.48 bits per heavy atom. The molecule has 0 unspecified atom stereocenters. The van der Waals surface area contributed by atoms with Gasteiger partial charge in [0, 0.05) is 17.9 Å². The molecule has 2 aromatic carbocycles. The quantitative estimate of drug-likeness (QED) is 0.679. The second-order valence-electron chi connectivity index (χ2n) is 6.06. The van der Waals surface area contributed by atoms with Gasteiger partial charge < -0.3 is 5.32 Å². The molecule has 0 atom stereocenters. The summed E-state index contributed by atoms with van der Waals surface area (Å²) in [4.78, 5) is 0. The Morgan fingerprint density at radius 1 is 0.963 bits per heavy atom. The highest BCUT2D eigenvalue weighted by Crippen LogP contribution is 2.34. The molecule has 2 N–H and O–H groups in total. The van der Waals surface area contributed by atoms with E-state index >= 15 is 0 Å². The molecule has 0 aromatic heterocycles. The lowest BCUT2D eigenvalue weighted by Crippen LogP contribution is -2.22. The molecule has 4 nitrogen and oxygen atoms in total. The summed E-state index contributed by atoms with van der Waals surface area (Å²) in [6.45, 7) is 3.13. The summed E-state index contributed by atoms with van der Waals surface area (Å²) < 4.78 is 90.7. The molecule has 2 rings (SSSR count). The van der Waals surface area contributed by atoms with Crippen LogP contribution in [0.1, 0.15) is 25.0 Å². The van der Waals surface area contributed by atoms with Gasteiger partial charge in [-0.05, 0) is 43.7 Å². The molecule has 148 valence electrons. The van der Waals surface area contributed by atoms with Gasteiger partial charge in [-0.25, -0.2) is 17.2 Å². The molecule has 0 aliphatic rings. The van der Waals surface area contributed by atoms with Crippen molar-refractivity contribution in [2.75, 3.05) is 10.0 Å². The van der Waals surface area contributed by atoms with E-state index in [1.165, 1.54) is 26.0 Å². The van der Waals surface area contributed by atoms with E-state index in [2.05, 4.69) is 10.0 Å². The number of hydrogen-bond acceptors (Lipinski definition) is 3. The van der Waals surface area contributed by atoms with Crippen LogP contribution >= 0.6 is 0 Å². The zero-order valence-electron chi connectivity index (χ0n) is 14.4. The Labute approximate surface area is 153 Å². The van der Waals surface area contributed by atoms with Gasteiger partial charge in [-0.1, -0.05) is 12.1 Å². The van der Waals surface area contributed by atoms with Gasteiger partial charge in [0.1, 0.15) is 17.2 Å². The van der Waals surface area contributed by atoms with Crippen molar-refractivity contribution in [3.63, 3.8) is 0 Å². The number of nitrogens with one attached hydrogen (secondary N) is 2. The van der Waals surface area contributed by atoms with E-state index < -0.39 is 38.6 Å².